The average Bonchev–Trinajstić information content (AvgIpc) is 2.43. The van der Waals surface area contributed by atoms with Gasteiger partial charge in [0.15, 0.2) is 0 Å². The van der Waals surface area contributed by atoms with E-state index in [1.807, 2.05) is 13.8 Å². The number of carbonyl (C=O) groups excluding carboxylic acids is 1. The lowest BCUT2D eigenvalue weighted by atomic mass is 10.2. The number of nitro benzene ring substituents is 1. The van der Waals surface area contributed by atoms with Gasteiger partial charge in [0, 0.05) is 30.6 Å². The van der Waals surface area contributed by atoms with Gasteiger partial charge in [-0.3, -0.25) is 14.9 Å². The van der Waals surface area contributed by atoms with Gasteiger partial charge in [-0.1, -0.05) is 19.9 Å². The summed E-state index contributed by atoms with van der Waals surface area (Å²) in [6, 6.07) is 7.31. The van der Waals surface area contributed by atoms with Crippen molar-refractivity contribution >= 4 is 17.3 Å². The average molecular weight is 288 g/mol. The van der Waals surface area contributed by atoms with Crippen LogP contribution in [0.15, 0.2) is 36.0 Å². The van der Waals surface area contributed by atoms with Crippen molar-refractivity contribution in [3.05, 3.63) is 46.2 Å². The van der Waals surface area contributed by atoms with Crippen molar-refractivity contribution in [1.82, 2.24) is 5.32 Å². The molecule has 0 saturated heterocycles. The number of non-ortho nitro benzene ring substituents is 1. The van der Waals surface area contributed by atoms with Crippen LogP contribution in [-0.2, 0) is 4.79 Å². The lowest BCUT2D eigenvalue weighted by Crippen LogP contribution is -2.19. The summed E-state index contributed by atoms with van der Waals surface area (Å²) in [5.74, 6) is -0.240. The Morgan fingerprint density at radius 2 is 2.24 bits per heavy atom. The van der Waals surface area contributed by atoms with Gasteiger partial charge in [0.2, 0.25) is 0 Å². The number of anilines is 1. The van der Waals surface area contributed by atoms with Crippen molar-refractivity contribution in [2.24, 2.45) is 5.92 Å². The fourth-order valence-electron chi connectivity index (χ4n) is 1.44. The van der Waals surface area contributed by atoms with Crippen LogP contribution in [0, 0.1) is 27.4 Å². The zero-order chi connectivity index (χ0) is 15.8. The minimum atomic E-state index is -0.616. The minimum absolute atomic E-state index is 0.0952. The third kappa shape index (κ3) is 5.32. The number of benzene rings is 1. The Balaban J connectivity index is 2.77. The van der Waals surface area contributed by atoms with E-state index < -0.39 is 10.8 Å². The number of amides is 1. The summed E-state index contributed by atoms with van der Waals surface area (Å²) in [5.41, 5.74) is 0.0367. The number of nitrogens with one attached hydrogen (secondary N) is 2. The molecule has 0 saturated carbocycles. The Hall–Kier alpha value is -2.88. The molecule has 21 heavy (non-hydrogen) atoms. The van der Waals surface area contributed by atoms with Gasteiger partial charge in [-0.25, -0.2) is 0 Å². The molecule has 7 nitrogen and oxygen atoms in total. The monoisotopic (exact) mass is 288 g/mol. The molecule has 0 aliphatic heterocycles. The van der Waals surface area contributed by atoms with E-state index >= 15 is 0 Å². The van der Waals surface area contributed by atoms with Crippen molar-refractivity contribution in [1.29, 1.82) is 5.26 Å². The van der Waals surface area contributed by atoms with Gasteiger partial charge in [-0.2, -0.15) is 5.26 Å². The number of nitriles is 1. The summed E-state index contributed by atoms with van der Waals surface area (Å²) in [5, 5.41) is 24.9. The Bertz CT molecular complexity index is 602. The van der Waals surface area contributed by atoms with Crippen molar-refractivity contribution in [2.45, 2.75) is 13.8 Å². The van der Waals surface area contributed by atoms with Crippen molar-refractivity contribution in [2.75, 3.05) is 11.9 Å². The number of nitro groups is 1. The minimum Gasteiger partial charge on any atom is -0.389 e. The molecule has 0 spiro atoms. The zero-order valence-corrected chi connectivity index (χ0v) is 11.8. The summed E-state index contributed by atoms with van der Waals surface area (Å²) in [4.78, 5) is 22.0. The predicted molar refractivity (Wildman–Crippen MR) is 78.3 cm³/mol. The van der Waals surface area contributed by atoms with E-state index in [1.54, 1.807) is 6.07 Å². The largest absolute Gasteiger partial charge is 0.389 e. The lowest BCUT2D eigenvalue weighted by Gasteiger charge is -2.06. The molecule has 0 aliphatic carbocycles. The molecule has 1 rings (SSSR count). The van der Waals surface area contributed by atoms with Gasteiger partial charge >= 0.3 is 0 Å². The molecule has 0 aromatic heterocycles. The third-order valence-corrected chi connectivity index (χ3v) is 2.45. The molecule has 1 aromatic rings. The van der Waals surface area contributed by atoms with Gasteiger partial charge in [0.25, 0.3) is 11.6 Å². The molecule has 0 fully saturated rings. The highest BCUT2D eigenvalue weighted by molar-refractivity contribution is 6.06. The number of nitrogens with zero attached hydrogens (tertiary/aromatic N) is 2. The number of carbonyl (C=O) groups is 1. The van der Waals surface area contributed by atoms with Crippen LogP contribution in [0.4, 0.5) is 11.4 Å². The maximum atomic E-state index is 11.9. The first kappa shape index (κ1) is 16.2. The van der Waals surface area contributed by atoms with E-state index in [1.165, 1.54) is 30.5 Å². The van der Waals surface area contributed by atoms with Crippen LogP contribution in [0.5, 0.6) is 0 Å². The van der Waals surface area contributed by atoms with Gasteiger partial charge in [0.05, 0.1) is 4.92 Å². The predicted octanol–water partition coefficient (Wildman–Crippen LogP) is 2.19. The standard InChI is InChI=1S/C14H16N4O3/c1-10(2)8-16-9-11(7-15)14(19)17-12-4-3-5-13(6-12)18(20)21/h3-6,9-10,16H,8H2,1-2H3,(H,17,19)/b11-9-. The van der Waals surface area contributed by atoms with E-state index in [-0.39, 0.29) is 16.9 Å². The highest BCUT2D eigenvalue weighted by Gasteiger charge is 2.11. The summed E-state index contributed by atoms with van der Waals surface area (Å²) >= 11 is 0. The number of rotatable bonds is 6. The fraction of sp³-hybridized carbons (Fsp3) is 0.286. The second-order valence-electron chi connectivity index (χ2n) is 4.73. The first-order valence-electron chi connectivity index (χ1n) is 6.33. The summed E-state index contributed by atoms with van der Waals surface area (Å²) < 4.78 is 0. The van der Waals surface area contributed by atoms with E-state index in [4.69, 9.17) is 5.26 Å². The summed E-state index contributed by atoms with van der Waals surface area (Å²) in [6.45, 7) is 4.63. The SMILES string of the molecule is CC(C)CN/C=C(/C#N)C(=O)Nc1cccc([N+](=O)[O-])c1. The van der Waals surface area contributed by atoms with E-state index in [0.29, 0.717) is 12.5 Å². The van der Waals surface area contributed by atoms with Crippen LogP contribution in [0.25, 0.3) is 0 Å². The molecule has 0 heterocycles. The molecule has 110 valence electrons. The highest BCUT2D eigenvalue weighted by Crippen LogP contribution is 2.17. The Morgan fingerprint density at radius 1 is 1.52 bits per heavy atom. The van der Waals surface area contributed by atoms with E-state index in [9.17, 15) is 14.9 Å². The first-order chi connectivity index (χ1) is 9.93. The quantitative estimate of drug-likeness (QED) is 0.361. The van der Waals surface area contributed by atoms with Crippen LogP contribution in [0.1, 0.15) is 13.8 Å². The summed E-state index contributed by atoms with van der Waals surface area (Å²) in [6.07, 6.45) is 1.34. The third-order valence-electron chi connectivity index (χ3n) is 2.45. The van der Waals surface area contributed by atoms with Crippen LogP contribution in [-0.4, -0.2) is 17.4 Å². The smallest absolute Gasteiger partial charge is 0.271 e. The second-order valence-corrected chi connectivity index (χ2v) is 4.73. The first-order valence-corrected chi connectivity index (χ1v) is 6.33. The van der Waals surface area contributed by atoms with E-state index in [0.717, 1.165) is 0 Å². The molecule has 2 N–H and O–H groups in total. The molecule has 0 radical (unpaired) electrons. The Labute approximate surface area is 122 Å². The van der Waals surface area contributed by atoms with E-state index in [2.05, 4.69) is 10.6 Å². The van der Waals surface area contributed by atoms with Crippen molar-refractivity contribution < 1.29 is 9.72 Å². The van der Waals surface area contributed by atoms with Crippen molar-refractivity contribution in [3.8, 4) is 6.07 Å². The molecule has 7 heteroatoms. The number of hydrogen-bond donors (Lipinski definition) is 2. The van der Waals surface area contributed by atoms with Gasteiger partial charge < -0.3 is 10.6 Å². The molecule has 0 unspecified atom stereocenters. The maximum absolute atomic E-state index is 11.9. The van der Waals surface area contributed by atoms with Crippen LogP contribution < -0.4 is 10.6 Å². The van der Waals surface area contributed by atoms with Gasteiger partial charge in [0.1, 0.15) is 11.6 Å². The molecule has 0 atom stereocenters. The summed E-state index contributed by atoms with van der Waals surface area (Å²) in [7, 11) is 0. The molecule has 0 aliphatic rings. The second kappa shape index (κ2) is 7.65. The maximum Gasteiger partial charge on any atom is 0.271 e. The van der Waals surface area contributed by atoms with Gasteiger partial charge in [-0.15, -0.1) is 0 Å². The molecular formula is C14H16N4O3. The Morgan fingerprint density at radius 3 is 2.81 bits per heavy atom. The fourth-order valence-corrected chi connectivity index (χ4v) is 1.44. The topological polar surface area (TPSA) is 108 Å². The normalized spacial score (nSPS) is 10.9. The molecule has 1 amide bonds. The van der Waals surface area contributed by atoms with Crippen LogP contribution in [0.3, 0.4) is 0 Å². The Kier molecular flexibility index (Phi) is 5.89. The van der Waals surface area contributed by atoms with Crippen molar-refractivity contribution in [3.63, 3.8) is 0 Å². The highest BCUT2D eigenvalue weighted by atomic mass is 16.6. The van der Waals surface area contributed by atoms with Crippen LogP contribution in [0.2, 0.25) is 0 Å². The van der Waals surface area contributed by atoms with Gasteiger partial charge in [-0.05, 0) is 12.0 Å². The molecule has 1 aromatic carbocycles. The lowest BCUT2D eigenvalue weighted by molar-refractivity contribution is -0.384. The number of hydrogen-bond acceptors (Lipinski definition) is 5. The van der Waals surface area contributed by atoms with Crippen LogP contribution >= 0.6 is 0 Å². The zero-order valence-electron chi connectivity index (χ0n) is 11.8. The molecular weight excluding hydrogens is 272 g/mol. The molecule has 0 bridgehead atoms.